The highest BCUT2D eigenvalue weighted by atomic mass is 35.5. The van der Waals surface area contributed by atoms with Crippen molar-refractivity contribution >= 4 is 38.1 Å². The maximum atomic E-state index is 12.2. The molecule has 21 heavy (non-hydrogen) atoms. The van der Waals surface area contributed by atoms with Crippen LogP contribution in [-0.2, 0) is 10.0 Å². The molecule has 1 N–H and O–H groups in total. The maximum absolute atomic E-state index is 12.2. The SMILES string of the molecule is CC(C)c1csc(NS(=O)(=O)c2ccc(C#N)c(Cl)c2)n1. The molecule has 0 fully saturated rings. The molecule has 0 amide bonds. The fourth-order valence-corrected chi connectivity index (χ4v) is 3.96. The van der Waals surface area contributed by atoms with Gasteiger partial charge in [-0.1, -0.05) is 25.4 Å². The first-order valence-corrected chi connectivity index (χ1v) is 8.75. The number of hydrogen-bond acceptors (Lipinski definition) is 5. The van der Waals surface area contributed by atoms with Gasteiger partial charge in [0.1, 0.15) is 6.07 Å². The summed E-state index contributed by atoms with van der Waals surface area (Å²) in [5.74, 6) is 0.226. The van der Waals surface area contributed by atoms with Gasteiger partial charge in [-0.2, -0.15) is 5.26 Å². The van der Waals surface area contributed by atoms with Crippen molar-refractivity contribution in [2.75, 3.05) is 4.72 Å². The summed E-state index contributed by atoms with van der Waals surface area (Å²) in [6, 6.07) is 5.84. The molecular weight excluding hydrogens is 330 g/mol. The molecule has 0 atom stereocenters. The minimum absolute atomic E-state index is 0.00667. The van der Waals surface area contributed by atoms with Gasteiger partial charge < -0.3 is 0 Å². The molecule has 110 valence electrons. The topological polar surface area (TPSA) is 82.9 Å². The van der Waals surface area contributed by atoms with Crippen LogP contribution in [0.5, 0.6) is 0 Å². The fourth-order valence-electron chi connectivity index (χ4n) is 1.53. The van der Waals surface area contributed by atoms with Crippen LogP contribution in [0.4, 0.5) is 5.13 Å². The van der Waals surface area contributed by atoms with Crippen molar-refractivity contribution in [3.05, 3.63) is 39.9 Å². The van der Waals surface area contributed by atoms with Gasteiger partial charge in [-0.25, -0.2) is 13.4 Å². The van der Waals surface area contributed by atoms with E-state index in [1.165, 1.54) is 29.5 Å². The molecule has 0 aliphatic heterocycles. The first-order chi connectivity index (χ1) is 9.83. The Labute approximate surface area is 132 Å². The first kappa shape index (κ1) is 15.8. The zero-order valence-electron chi connectivity index (χ0n) is 11.3. The van der Waals surface area contributed by atoms with Crippen molar-refractivity contribution in [3.63, 3.8) is 0 Å². The molecule has 0 aliphatic rings. The molecule has 2 aromatic rings. The van der Waals surface area contributed by atoms with Gasteiger partial charge >= 0.3 is 0 Å². The Morgan fingerprint density at radius 1 is 1.43 bits per heavy atom. The molecule has 0 spiro atoms. The number of hydrogen-bond donors (Lipinski definition) is 1. The van der Waals surface area contributed by atoms with Crippen molar-refractivity contribution in [2.45, 2.75) is 24.7 Å². The molecule has 1 aromatic heterocycles. The van der Waals surface area contributed by atoms with Crippen molar-refractivity contribution in [1.29, 1.82) is 5.26 Å². The summed E-state index contributed by atoms with van der Waals surface area (Å²) in [7, 11) is -3.77. The predicted octanol–water partition coefficient (Wildman–Crippen LogP) is 3.59. The van der Waals surface area contributed by atoms with Gasteiger partial charge in [0, 0.05) is 5.38 Å². The van der Waals surface area contributed by atoms with Crippen molar-refractivity contribution in [3.8, 4) is 6.07 Å². The van der Waals surface area contributed by atoms with Crippen LogP contribution >= 0.6 is 22.9 Å². The average molecular weight is 342 g/mol. The Balaban J connectivity index is 2.29. The molecule has 0 saturated heterocycles. The summed E-state index contributed by atoms with van der Waals surface area (Å²) < 4.78 is 26.9. The largest absolute Gasteiger partial charge is 0.263 e. The van der Waals surface area contributed by atoms with E-state index in [0.29, 0.717) is 5.13 Å². The highest BCUT2D eigenvalue weighted by Crippen LogP contribution is 2.25. The molecule has 0 saturated carbocycles. The van der Waals surface area contributed by atoms with E-state index in [0.717, 1.165) is 5.69 Å². The number of nitrogens with one attached hydrogen (secondary N) is 1. The van der Waals surface area contributed by atoms with E-state index in [-0.39, 0.29) is 21.4 Å². The van der Waals surface area contributed by atoms with Gasteiger partial charge in [0.25, 0.3) is 10.0 Å². The number of aromatic nitrogens is 1. The molecular formula is C13H12ClN3O2S2. The second kappa shape index (κ2) is 6.02. The van der Waals surface area contributed by atoms with E-state index in [2.05, 4.69) is 9.71 Å². The van der Waals surface area contributed by atoms with Crippen LogP contribution < -0.4 is 4.72 Å². The normalized spacial score (nSPS) is 11.4. The Kier molecular flexibility index (Phi) is 4.52. The Morgan fingerprint density at radius 3 is 2.67 bits per heavy atom. The van der Waals surface area contributed by atoms with Gasteiger partial charge in [0.2, 0.25) is 0 Å². The maximum Gasteiger partial charge on any atom is 0.263 e. The molecule has 0 unspecified atom stereocenters. The Hall–Kier alpha value is -1.62. The van der Waals surface area contributed by atoms with E-state index in [9.17, 15) is 8.42 Å². The highest BCUT2D eigenvalue weighted by molar-refractivity contribution is 7.93. The van der Waals surface area contributed by atoms with Crippen LogP contribution in [0.15, 0.2) is 28.5 Å². The molecule has 5 nitrogen and oxygen atoms in total. The minimum Gasteiger partial charge on any atom is -0.255 e. The molecule has 1 heterocycles. The summed E-state index contributed by atoms with van der Waals surface area (Å²) in [5.41, 5.74) is 1.06. The summed E-state index contributed by atoms with van der Waals surface area (Å²) >= 11 is 7.08. The van der Waals surface area contributed by atoms with Gasteiger partial charge in [-0.15, -0.1) is 11.3 Å². The zero-order valence-corrected chi connectivity index (χ0v) is 13.7. The fraction of sp³-hybridized carbons (Fsp3) is 0.231. The van der Waals surface area contributed by atoms with Gasteiger partial charge in [-0.3, -0.25) is 4.72 Å². The van der Waals surface area contributed by atoms with Crippen LogP contribution in [0.3, 0.4) is 0 Å². The second-order valence-corrected chi connectivity index (χ2v) is 7.54. The summed E-state index contributed by atoms with van der Waals surface area (Å²) in [6.07, 6.45) is 0. The average Bonchev–Trinajstić information content (AvgIpc) is 2.86. The van der Waals surface area contributed by atoms with Crippen LogP contribution in [0.2, 0.25) is 5.02 Å². The standard InChI is InChI=1S/C13H12ClN3O2S2/c1-8(2)12-7-20-13(16-12)17-21(18,19)10-4-3-9(6-15)11(14)5-10/h3-5,7-8H,1-2H3,(H,16,17). The number of rotatable bonds is 4. The smallest absolute Gasteiger partial charge is 0.255 e. The van der Waals surface area contributed by atoms with E-state index in [1.54, 1.807) is 0 Å². The molecule has 1 aromatic carbocycles. The van der Waals surface area contributed by atoms with E-state index >= 15 is 0 Å². The number of nitrogens with zero attached hydrogens (tertiary/aromatic N) is 2. The van der Waals surface area contributed by atoms with Crippen LogP contribution in [0.25, 0.3) is 0 Å². The van der Waals surface area contributed by atoms with E-state index in [1.807, 2.05) is 25.3 Å². The van der Waals surface area contributed by atoms with Crippen molar-refractivity contribution in [1.82, 2.24) is 4.98 Å². The third-order valence-electron chi connectivity index (χ3n) is 2.71. The molecule has 2 rings (SSSR count). The summed E-state index contributed by atoms with van der Waals surface area (Å²) in [5, 5.41) is 11.0. The van der Waals surface area contributed by atoms with Crippen LogP contribution in [-0.4, -0.2) is 13.4 Å². The van der Waals surface area contributed by atoms with Gasteiger partial charge in [0.15, 0.2) is 5.13 Å². The third kappa shape index (κ3) is 3.53. The number of halogens is 1. The van der Waals surface area contributed by atoms with Crippen LogP contribution in [0.1, 0.15) is 31.0 Å². The Bertz CT molecular complexity index is 807. The van der Waals surface area contributed by atoms with Crippen molar-refractivity contribution in [2.24, 2.45) is 0 Å². The molecule has 0 radical (unpaired) electrons. The minimum atomic E-state index is -3.77. The molecule has 0 bridgehead atoms. The number of benzene rings is 1. The third-order valence-corrected chi connectivity index (χ3v) is 5.26. The zero-order chi connectivity index (χ0) is 15.6. The monoisotopic (exact) mass is 341 g/mol. The van der Waals surface area contributed by atoms with Gasteiger partial charge in [0.05, 0.1) is 21.2 Å². The molecule has 8 heteroatoms. The van der Waals surface area contributed by atoms with E-state index < -0.39 is 10.0 Å². The lowest BCUT2D eigenvalue weighted by Crippen LogP contribution is -2.13. The Morgan fingerprint density at radius 2 is 2.14 bits per heavy atom. The van der Waals surface area contributed by atoms with Gasteiger partial charge in [-0.05, 0) is 24.1 Å². The quantitative estimate of drug-likeness (QED) is 0.921. The molecule has 0 aliphatic carbocycles. The lowest BCUT2D eigenvalue weighted by molar-refractivity contribution is 0.601. The second-order valence-electron chi connectivity index (χ2n) is 4.59. The lowest BCUT2D eigenvalue weighted by atomic mass is 10.2. The highest BCUT2D eigenvalue weighted by Gasteiger charge is 2.18. The first-order valence-electron chi connectivity index (χ1n) is 6.01. The summed E-state index contributed by atoms with van der Waals surface area (Å²) in [6.45, 7) is 3.96. The number of anilines is 1. The van der Waals surface area contributed by atoms with Crippen LogP contribution in [0, 0.1) is 11.3 Å². The number of thiazole rings is 1. The lowest BCUT2D eigenvalue weighted by Gasteiger charge is -2.06. The predicted molar refractivity (Wildman–Crippen MR) is 83.2 cm³/mol. The summed E-state index contributed by atoms with van der Waals surface area (Å²) in [4.78, 5) is 4.21. The number of nitriles is 1. The van der Waals surface area contributed by atoms with Crippen molar-refractivity contribution < 1.29 is 8.42 Å². The number of sulfonamides is 1. The van der Waals surface area contributed by atoms with E-state index in [4.69, 9.17) is 16.9 Å².